The molecule has 1 heterocycles. The summed E-state index contributed by atoms with van der Waals surface area (Å²) in [7, 11) is 0. The Morgan fingerprint density at radius 1 is 0.433 bits per heavy atom. The first-order valence-corrected chi connectivity index (χ1v) is 17.7. The fourth-order valence-corrected chi connectivity index (χ4v) is 21.3. The van der Waals surface area contributed by atoms with Crippen LogP contribution in [0.25, 0.3) is 0 Å². The number of thioether (sulfide) groups is 1. The van der Waals surface area contributed by atoms with Gasteiger partial charge in [0.25, 0.3) is 0 Å². The van der Waals surface area contributed by atoms with E-state index in [1.807, 2.05) is 0 Å². The van der Waals surface area contributed by atoms with Crippen molar-refractivity contribution >= 4 is 25.0 Å². The van der Waals surface area contributed by atoms with Crippen LogP contribution >= 0.6 is 11.8 Å². The third-order valence-corrected chi connectivity index (χ3v) is 24.7. The van der Waals surface area contributed by atoms with Gasteiger partial charge in [0.05, 0.1) is 0 Å². The standard InChI is InChI=1S/C28H26GeS/c1-29(2)27(23-15-7-3-8-16-23,24-17-9-4-10-18-24)30-28(29,25-19-11-5-12-20-25)26-21-13-6-14-22-26/h3-22H,1-2H3. The summed E-state index contributed by atoms with van der Waals surface area (Å²) in [6, 6.07) is 44.8. The maximum atomic E-state index is 2.64. The van der Waals surface area contributed by atoms with Crippen molar-refractivity contribution < 1.29 is 0 Å². The summed E-state index contributed by atoms with van der Waals surface area (Å²) in [5.74, 6) is 5.27. The van der Waals surface area contributed by atoms with Crippen molar-refractivity contribution in [2.24, 2.45) is 0 Å². The van der Waals surface area contributed by atoms with E-state index >= 15 is 0 Å². The quantitative estimate of drug-likeness (QED) is 0.282. The predicted molar refractivity (Wildman–Crippen MR) is 132 cm³/mol. The Hall–Kier alpha value is -2.23. The molecule has 1 fully saturated rings. The molecule has 0 unspecified atom stereocenters. The van der Waals surface area contributed by atoms with Crippen LogP contribution in [-0.2, 0) is 7.16 Å². The Morgan fingerprint density at radius 3 is 0.867 bits per heavy atom. The number of hydrogen-bond acceptors (Lipinski definition) is 1. The average Bonchev–Trinajstić information content (AvgIpc) is 2.81. The summed E-state index contributed by atoms with van der Waals surface area (Å²) in [6.07, 6.45) is 0. The fraction of sp³-hybridized carbons (Fsp3) is 0.143. The molecule has 5 rings (SSSR count). The van der Waals surface area contributed by atoms with E-state index in [1.54, 1.807) is 0 Å². The van der Waals surface area contributed by atoms with Gasteiger partial charge in [0.1, 0.15) is 0 Å². The molecule has 4 aromatic carbocycles. The van der Waals surface area contributed by atoms with E-state index in [4.69, 9.17) is 0 Å². The first kappa shape index (κ1) is 19.7. The second-order valence-corrected chi connectivity index (χ2v) is 21.5. The van der Waals surface area contributed by atoms with Crippen LogP contribution in [0.1, 0.15) is 22.3 Å². The van der Waals surface area contributed by atoms with Crippen LogP contribution in [0.5, 0.6) is 0 Å². The van der Waals surface area contributed by atoms with E-state index in [2.05, 4.69) is 145 Å². The molecule has 0 saturated carbocycles. The van der Waals surface area contributed by atoms with E-state index in [9.17, 15) is 0 Å². The van der Waals surface area contributed by atoms with Gasteiger partial charge in [-0.3, -0.25) is 0 Å². The first-order chi connectivity index (χ1) is 14.6. The maximum absolute atomic E-state index is 2.69. The first-order valence-electron chi connectivity index (χ1n) is 10.6. The molecule has 0 bridgehead atoms. The Labute approximate surface area is 186 Å². The van der Waals surface area contributed by atoms with Crippen LogP contribution in [0.15, 0.2) is 121 Å². The van der Waals surface area contributed by atoms with Gasteiger partial charge in [0, 0.05) is 0 Å². The fourth-order valence-electron chi connectivity index (χ4n) is 5.39. The van der Waals surface area contributed by atoms with Crippen LogP contribution in [-0.4, -0.2) is 13.3 Å². The zero-order valence-electron chi connectivity index (χ0n) is 17.5. The van der Waals surface area contributed by atoms with Crippen LogP contribution in [0.3, 0.4) is 0 Å². The summed E-state index contributed by atoms with van der Waals surface area (Å²) in [6.45, 7) is 0. The molecule has 0 aromatic heterocycles. The van der Waals surface area contributed by atoms with Gasteiger partial charge in [-0.05, 0) is 0 Å². The molecule has 0 radical (unpaired) electrons. The van der Waals surface area contributed by atoms with Crippen molar-refractivity contribution in [3.8, 4) is 0 Å². The molecule has 30 heavy (non-hydrogen) atoms. The molecule has 0 spiro atoms. The van der Waals surface area contributed by atoms with Crippen molar-refractivity contribution in [3.05, 3.63) is 144 Å². The van der Waals surface area contributed by atoms with Gasteiger partial charge in [-0.2, -0.15) is 0 Å². The Morgan fingerprint density at radius 2 is 0.667 bits per heavy atom. The van der Waals surface area contributed by atoms with Crippen LogP contribution in [0.4, 0.5) is 0 Å². The molecule has 4 aromatic rings. The van der Waals surface area contributed by atoms with E-state index in [1.165, 1.54) is 22.3 Å². The number of hydrogen-bond donors (Lipinski definition) is 0. The molecule has 0 aliphatic carbocycles. The third-order valence-electron chi connectivity index (χ3n) is 6.79. The molecule has 1 aliphatic rings. The second kappa shape index (κ2) is 7.48. The van der Waals surface area contributed by atoms with Gasteiger partial charge in [-0.25, -0.2) is 0 Å². The molecule has 0 nitrogen and oxygen atoms in total. The van der Waals surface area contributed by atoms with Crippen molar-refractivity contribution in [1.82, 2.24) is 0 Å². The van der Waals surface area contributed by atoms with Gasteiger partial charge >= 0.3 is 187 Å². The molecule has 0 atom stereocenters. The molecule has 1 aliphatic heterocycles. The summed E-state index contributed by atoms with van der Waals surface area (Å²) in [5, 5.41) is 0. The van der Waals surface area contributed by atoms with E-state index in [0.717, 1.165) is 0 Å². The molecule has 0 amide bonds. The summed E-state index contributed by atoms with van der Waals surface area (Å²) < 4.78 is 0.0996. The van der Waals surface area contributed by atoms with E-state index in [0.29, 0.717) is 0 Å². The summed E-state index contributed by atoms with van der Waals surface area (Å²) in [5.41, 5.74) is 5.81. The zero-order chi connectivity index (χ0) is 20.7. The minimum absolute atomic E-state index is 0.0498. The predicted octanol–water partition coefficient (Wildman–Crippen LogP) is 7.41. The van der Waals surface area contributed by atoms with E-state index in [-0.39, 0.29) is 7.16 Å². The van der Waals surface area contributed by atoms with Crippen LogP contribution in [0, 0.1) is 0 Å². The minimum atomic E-state index is -2.69. The molecule has 148 valence electrons. The van der Waals surface area contributed by atoms with Crippen molar-refractivity contribution in [2.45, 2.75) is 18.7 Å². The van der Waals surface area contributed by atoms with Gasteiger partial charge < -0.3 is 0 Å². The summed E-state index contributed by atoms with van der Waals surface area (Å²) in [4.78, 5) is 0. The topological polar surface area (TPSA) is 0 Å². The summed E-state index contributed by atoms with van der Waals surface area (Å²) >= 11 is -0.517. The molecule has 1 saturated heterocycles. The Kier molecular flexibility index (Phi) is 4.91. The Bertz CT molecular complexity index is 952. The van der Waals surface area contributed by atoms with Crippen LogP contribution < -0.4 is 0 Å². The van der Waals surface area contributed by atoms with Gasteiger partial charge in [0.2, 0.25) is 0 Å². The van der Waals surface area contributed by atoms with Crippen LogP contribution in [0.2, 0.25) is 11.5 Å². The Balaban J connectivity index is 1.79. The molecular weight excluding hydrogens is 441 g/mol. The normalized spacial score (nSPS) is 18.3. The van der Waals surface area contributed by atoms with Gasteiger partial charge in [-0.1, -0.05) is 0 Å². The molecule has 2 heteroatoms. The third kappa shape index (κ3) is 2.61. The second-order valence-electron chi connectivity index (χ2n) is 8.55. The van der Waals surface area contributed by atoms with Gasteiger partial charge in [-0.15, -0.1) is 0 Å². The molecule has 0 N–H and O–H groups in total. The SMILES string of the molecule is [CH3][Ge]1([CH3])[C](c2ccccc2)(c2ccccc2)S[C]1(c1ccccc1)c1ccccc1. The van der Waals surface area contributed by atoms with Crippen molar-refractivity contribution in [3.63, 3.8) is 0 Å². The number of benzene rings is 4. The zero-order valence-corrected chi connectivity index (χ0v) is 20.4. The average molecular weight is 467 g/mol. The van der Waals surface area contributed by atoms with E-state index < -0.39 is 13.3 Å². The monoisotopic (exact) mass is 468 g/mol. The van der Waals surface area contributed by atoms with Gasteiger partial charge in [0.15, 0.2) is 0 Å². The molecular formula is C28H26GeS. The van der Waals surface area contributed by atoms with Crippen molar-refractivity contribution in [1.29, 1.82) is 0 Å². The number of rotatable bonds is 4. The van der Waals surface area contributed by atoms with Crippen molar-refractivity contribution in [2.75, 3.05) is 0 Å².